The number of carbonyl (C=O) groups is 1. The van der Waals surface area contributed by atoms with Crippen molar-refractivity contribution in [3.63, 3.8) is 0 Å². The van der Waals surface area contributed by atoms with Crippen LogP contribution in [-0.2, 0) is 25.3 Å². The van der Waals surface area contributed by atoms with E-state index in [-0.39, 0.29) is 11.9 Å². The Morgan fingerprint density at radius 1 is 1.16 bits per heavy atom. The van der Waals surface area contributed by atoms with E-state index in [9.17, 15) is 4.79 Å². The molecule has 0 spiro atoms. The van der Waals surface area contributed by atoms with Gasteiger partial charge in [-0.2, -0.15) is 0 Å². The van der Waals surface area contributed by atoms with Gasteiger partial charge in [-0.05, 0) is 107 Å². The molecule has 2 aromatic carbocycles. The number of methoxy groups -OCH3 is 1. The van der Waals surface area contributed by atoms with Gasteiger partial charge in [-0.25, -0.2) is 4.98 Å². The van der Waals surface area contributed by atoms with Crippen LogP contribution in [0, 0.1) is 18.8 Å². The highest BCUT2D eigenvalue weighted by atomic mass is 35.5. The first kappa shape index (κ1) is 26.3. The zero-order valence-corrected chi connectivity index (χ0v) is 23.3. The highest BCUT2D eigenvalue weighted by Crippen LogP contribution is 2.38. The maximum Gasteiger partial charge on any atom is 0.495 e. The molecule has 2 fully saturated rings. The molecule has 3 aromatic rings. The number of hydrogen-bond donors (Lipinski definition) is 0. The maximum atomic E-state index is 11.8. The van der Waals surface area contributed by atoms with Crippen LogP contribution in [0.5, 0.6) is 0 Å². The number of aryl methyl sites for hydroxylation is 1. The molecular weight excluding hydrogens is 489 g/mol. The molecule has 0 amide bonds. The van der Waals surface area contributed by atoms with Crippen molar-refractivity contribution in [1.82, 2.24) is 4.98 Å². The number of nitrogens with zero attached hydrogens (tertiary/aromatic N) is 1. The number of hydrogen-bond acceptors (Lipinski definition) is 6. The second-order valence-corrected chi connectivity index (χ2v) is 11.9. The quantitative estimate of drug-likeness (QED) is 0.280. The molecule has 1 unspecified atom stereocenters. The Balaban J connectivity index is 1.36. The fourth-order valence-corrected chi connectivity index (χ4v) is 5.78. The van der Waals surface area contributed by atoms with E-state index in [1.165, 1.54) is 7.11 Å². The Bertz CT molecular complexity index is 1320. The van der Waals surface area contributed by atoms with Gasteiger partial charge in [0.1, 0.15) is 5.52 Å². The van der Waals surface area contributed by atoms with Gasteiger partial charge in [-0.1, -0.05) is 23.7 Å². The molecular formula is C29H35BClNO5. The average Bonchev–Trinajstić information content (AvgIpc) is 3.53. The van der Waals surface area contributed by atoms with Crippen LogP contribution in [0.3, 0.4) is 0 Å². The summed E-state index contributed by atoms with van der Waals surface area (Å²) < 4.78 is 23.7. The number of halogens is 1. The second kappa shape index (κ2) is 9.75. The van der Waals surface area contributed by atoms with Gasteiger partial charge in [0, 0.05) is 5.56 Å². The molecule has 2 atom stereocenters. The third-order valence-corrected chi connectivity index (χ3v) is 8.82. The predicted octanol–water partition coefficient (Wildman–Crippen LogP) is 6.28. The van der Waals surface area contributed by atoms with Gasteiger partial charge < -0.3 is 18.5 Å². The summed E-state index contributed by atoms with van der Waals surface area (Å²) >= 11 is 6.64. The number of ether oxygens (including phenoxy) is 1. The largest absolute Gasteiger partial charge is 0.495 e. The molecule has 2 heterocycles. The summed E-state index contributed by atoms with van der Waals surface area (Å²) in [5.74, 6) is 1.00. The number of esters is 1. The molecule has 0 radical (unpaired) electrons. The minimum atomic E-state index is -0.459. The van der Waals surface area contributed by atoms with Crippen LogP contribution in [0.4, 0.5) is 0 Å². The van der Waals surface area contributed by atoms with Crippen LogP contribution < -0.4 is 5.46 Å². The van der Waals surface area contributed by atoms with Crippen molar-refractivity contribution in [3.8, 4) is 11.5 Å². The summed E-state index contributed by atoms with van der Waals surface area (Å²) in [6.07, 6.45) is 4.76. The first-order valence-corrected chi connectivity index (χ1v) is 13.5. The first-order chi connectivity index (χ1) is 17.5. The molecule has 1 aromatic heterocycles. The fourth-order valence-electron chi connectivity index (χ4n) is 5.51. The van der Waals surface area contributed by atoms with E-state index in [1.54, 1.807) is 0 Å². The Morgan fingerprint density at radius 3 is 2.59 bits per heavy atom. The van der Waals surface area contributed by atoms with Gasteiger partial charge in [-0.15, -0.1) is 0 Å². The number of benzene rings is 2. The van der Waals surface area contributed by atoms with E-state index in [1.807, 2.05) is 31.2 Å². The molecule has 0 bridgehead atoms. The van der Waals surface area contributed by atoms with Crippen molar-refractivity contribution in [1.29, 1.82) is 0 Å². The zero-order valence-electron chi connectivity index (χ0n) is 22.5. The summed E-state index contributed by atoms with van der Waals surface area (Å²) in [6.45, 7) is 10.3. The number of fused-ring (bicyclic) bond motifs is 1. The van der Waals surface area contributed by atoms with Crippen LogP contribution in [0.1, 0.15) is 64.5 Å². The summed E-state index contributed by atoms with van der Waals surface area (Å²) in [5.41, 5.74) is 4.49. The second-order valence-electron chi connectivity index (χ2n) is 11.5. The lowest BCUT2D eigenvalue weighted by Gasteiger charge is -2.32. The summed E-state index contributed by atoms with van der Waals surface area (Å²) in [6, 6.07) is 10.0. The number of oxazole rings is 1. The molecule has 8 heteroatoms. The Kier molecular flexibility index (Phi) is 6.93. The number of aromatic nitrogens is 1. The van der Waals surface area contributed by atoms with Gasteiger partial charge in [0.2, 0.25) is 5.89 Å². The predicted molar refractivity (Wildman–Crippen MR) is 146 cm³/mol. The van der Waals surface area contributed by atoms with Crippen molar-refractivity contribution in [2.24, 2.45) is 11.8 Å². The lowest BCUT2D eigenvalue weighted by Crippen LogP contribution is -2.41. The van der Waals surface area contributed by atoms with Crippen molar-refractivity contribution in [2.45, 2.75) is 77.9 Å². The van der Waals surface area contributed by atoms with Crippen molar-refractivity contribution < 1.29 is 23.3 Å². The average molecular weight is 524 g/mol. The van der Waals surface area contributed by atoms with Crippen LogP contribution in [0.2, 0.25) is 5.02 Å². The summed E-state index contributed by atoms with van der Waals surface area (Å²) in [7, 11) is 1.01. The van der Waals surface area contributed by atoms with Gasteiger partial charge in [-0.3, -0.25) is 4.79 Å². The normalized spacial score (nSPS) is 22.6. The molecule has 1 aliphatic heterocycles. The zero-order chi connectivity index (χ0) is 26.5. The van der Waals surface area contributed by atoms with Gasteiger partial charge in [0.25, 0.3) is 0 Å². The van der Waals surface area contributed by atoms with Crippen LogP contribution in [0.25, 0.3) is 22.6 Å². The Morgan fingerprint density at radius 2 is 1.89 bits per heavy atom. The van der Waals surface area contributed by atoms with Gasteiger partial charge in [0.05, 0.1) is 29.3 Å². The molecule has 1 saturated carbocycles. The molecule has 1 saturated heterocycles. The monoisotopic (exact) mass is 523 g/mol. The molecule has 2 aliphatic rings. The lowest BCUT2D eigenvalue weighted by atomic mass is 9.75. The van der Waals surface area contributed by atoms with Crippen molar-refractivity contribution >= 4 is 41.3 Å². The van der Waals surface area contributed by atoms with E-state index >= 15 is 0 Å². The minimum Gasteiger partial charge on any atom is -0.469 e. The fraction of sp³-hybridized carbons (Fsp3) is 0.517. The molecule has 1 aliphatic carbocycles. The Hall–Kier alpha value is -2.35. The van der Waals surface area contributed by atoms with E-state index in [2.05, 4.69) is 33.8 Å². The van der Waals surface area contributed by atoms with Crippen molar-refractivity contribution in [2.75, 3.05) is 7.11 Å². The van der Waals surface area contributed by atoms with Crippen molar-refractivity contribution in [3.05, 3.63) is 46.5 Å². The molecule has 0 N–H and O–H groups in total. The third-order valence-electron chi connectivity index (χ3n) is 8.53. The standard InChI is InChI=1S/C29H35BClNO5/c1-17-21(8-7-9-22(17)30-36-28(2,3)29(4,5)37-30)26-32-24-16-19(15-23(31)25(24)35-26)11-10-18-12-13-20(14-18)27(33)34-6/h7-9,15-16,18,20H,10-14H2,1-6H3/t18?,20-/m1/s1. The van der Waals surface area contributed by atoms with E-state index in [0.29, 0.717) is 22.4 Å². The van der Waals surface area contributed by atoms with Crippen LogP contribution in [-0.4, -0.2) is 36.4 Å². The van der Waals surface area contributed by atoms with Crippen LogP contribution in [0.15, 0.2) is 34.7 Å². The topological polar surface area (TPSA) is 70.8 Å². The highest BCUT2D eigenvalue weighted by molar-refractivity contribution is 6.62. The van der Waals surface area contributed by atoms with Gasteiger partial charge >= 0.3 is 13.1 Å². The summed E-state index contributed by atoms with van der Waals surface area (Å²) in [4.78, 5) is 16.7. The maximum absolute atomic E-state index is 11.8. The van der Waals surface area contributed by atoms with E-state index in [4.69, 9.17) is 35.0 Å². The molecule has 196 valence electrons. The van der Waals surface area contributed by atoms with Gasteiger partial charge in [0.15, 0.2) is 5.58 Å². The molecule has 37 heavy (non-hydrogen) atoms. The smallest absolute Gasteiger partial charge is 0.469 e. The third kappa shape index (κ3) is 4.94. The highest BCUT2D eigenvalue weighted by Gasteiger charge is 2.52. The van der Waals surface area contributed by atoms with E-state index in [0.717, 1.165) is 59.8 Å². The SMILES string of the molecule is COC(=O)[C@@H]1CCC(CCc2cc(Cl)c3oc(-c4cccc(B5OC(C)(C)C(C)(C)O5)c4C)nc3c2)C1. The first-order valence-electron chi connectivity index (χ1n) is 13.1. The number of carbonyl (C=O) groups excluding carboxylic acids is 1. The molecule has 5 rings (SSSR count). The molecule has 6 nitrogen and oxygen atoms in total. The minimum absolute atomic E-state index is 0.0374. The van der Waals surface area contributed by atoms with E-state index < -0.39 is 18.3 Å². The van der Waals surface area contributed by atoms with Crippen LogP contribution >= 0.6 is 11.6 Å². The lowest BCUT2D eigenvalue weighted by molar-refractivity contribution is -0.145. The summed E-state index contributed by atoms with van der Waals surface area (Å²) in [5, 5.41) is 0.560. The number of rotatable bonds is 6. The Labute approximate surface area is 224 Å².